The number of sulfonamides is 1. The number of hydrogen-bond donors (Lipinski definition) is 0. The first kappa shape index (κ1) is 12.2. The zero-order valence-corrected chi connectivity index (χ0v) is 13.2. The summed E-state index contributed by atoms with van der Waals surface area (Å²) in [4.78, 5) is 29.1. The second-order valence-corrected chi connectivity index (χ2v) is 6.89. The van der Waals surface area contributed by atoms with Crippen LogP contribution in [0, 0.1) is 0 Å². The monoisotopic (exact) mass is 360 g/mol. The summed E-state index contributed by atoms with van der Waals surface area (Å²) in [5.41, 5.74) is -2.01. The molecule has 0 atom stereocenters. The van der Waals surface area contributed by atoms with Gasteiger partial charge < -0.3 is 4.42 Å². The van der Waals surface area contributed by atoms with Crippen molar-refractivity contribution in [3.63, 3.8) is 0 Å². The molecule has 0 amide bonds. The molecule has 0 unspecified atom stereocenters. The zero-order chi connectivity index (χ0) is 20.3. The Bertz CT molecular complexity index is 1310. The maximum absolute atomic E-state index is 13.1. The first-order chi connectivity index (χ1) is 13.1. The van der Waals surface area contributed by atoms with Crippen LogP contribution in [0.2, 0.25) is 0 Å². The second-order valence-electron chi connectivity index (χ2n) is 5.14. The van der Waals surface area contributed by atoms with E-state index in [1.807, 2.05) is 0 Å². The van der Waals surface area contributed by atoms with E-state index in [9.17, 15) is 18.0 Å². The standard InChI is InChI=1S/C16H11N3O5S/c1-18-13-14(10-6-2-3-7-11(10)25(18,22)23)24-16(21)19(15(13)20)12-8-4-5-9-17-12/h2-9H,1H3/i1D3. The van der Waals surface area contributed by atoms with E-state index in [2.05, 4.69) is 4.98 Å². The van der Waals surface area contributed by atoms with Gasteiger partial charge in [0.25, 0.3) is 15.6 Å². The van der Waals surface area contributed by atoms with E-state index < -0.39 is 39.8 Å². The fourth-order valence-corrected chi connectivity index (χ4v) is 3.90. The highest BCUT2D eigenvalue weighted by molar-refractivity contribution is 7.93. The van der Waals surface area contributed by atoms with E-state index in [4.69, 9.17) is 8.53 Å². The molecule has 3 aromatic rings. The van der Waals surface area contributed by atoms with Crippen LogP contribution < -0.4 is 15.6 Å². The molecular formula is C16H11N3O5S. The lowest BCUT2D eigenvalue weighted by molar-refractivity contribution is 0.468. The quantitative estimate of drug-likeness (QED) is 0.641. The highest BCUT2D eigenvalue weighted by Crippen LogP contribution is 2.39. The van der Waals surface area contributed by atoms with Gasteiger partial charge in [-0.2, -0.15) is 4.57 Å². The first-order valence-corrected chi connectivity index (χ1v) is 8.44. The third-order valence-electron chi connectivity index (χ3n) is 3.72. The van der Waals surface area contributed by atoms with Crippen LogP contribution in [0.4, 0.5) is 5.69 Å². The van der Waals surface area contributed by atoms with Crippen molar-refractivity contribution in [2.24, 2.45) is 0 Å². The average Bonchev–Trinajstić information content (AvgIpc) is 2.63. The molecule has 8 nitrogen and oxygen atoms in total. The molecule has 4 rings (SSSR count). The summed E-state index contributed by atoms with van der Waals surface area (Å²) in [6.07, 6.45) is 1.31. The van der Waals surface area contributed by atoms with Crippen LogP contribution in [0.1, 0.15) is 4.11 Å². The minimum atomic E-state index is -4.61. The van der Waals surface area contributed by atoms with Gasteiger partial charge in [-0.25, -0.2) is 18.2 Å². The summed E-state index contributed by atoms with van der Waals surface area (Å²) in [6, 6.07) is 9.76. The van der Waals surface area contributed by atoms with Gasteiger partial charge in [0.1, 0.15) is 5.82 Å². The Kier molecular flexibility index (Phi) is 2.51. The molecule has 126 valence electrons. The number of nitrogens with zero attached hydrogens (tertiary/aromatic N) is 3. The highest BCUT2D eigenvalue weighted by Gasteiger charge is 2.37. The molecule has 0 fully saturated rings. The van der Waals surface area contributed by atoms with E-state index >= 15 is 0 Å². The minimum Gasteiger partial charge on any atom is -0.406 e. The van der Waals surface area contributed by atoms with Crippen molar-refractivity contribution in [1.82, 2.24) is 9.55 Å². The van der Waals surface area contributed by atoms with Gasteiger partial charge in [-0.3, -0.25) is 9.10 Å². The van der Waals surface area contributed by atoms with Gasteiger partial charge in [-0.15, -0.1) is 0 Å². The Balaban J connectivity index is 2.20. The molecule has 2 aromatic heterocycles. The van der Waals surface area contributed by atoms with Crippen molar-refractivity contribution in [2.75, 3.05) is 11.3 Å². The molecule has 25 heavy (non-hydrogen) atoms. The van der Waals surface area contributed by atoms with Crippen LogP contribution in [0.15, 0.2) is 67.6 Å². The summed E-state index contributed by atoms with van der Waals surface area (Å²) in [7, 11) is -4.61. The Morgan fingerprint density at radius 3 is 2.60 bits per heavy atom. The number of pyridine rings is 1. The van der Waals surface area contributed by atoms with Gasteiger partial charge in [0.2, 0.25) is 0 Å². The van der Waals surface area contributed by atoms with Crippen molar-refractivity contribution in [3.8, 4) is 17.1 Å². The summed E-state index contributed by atoms with van der Waals surface area (Å²) < 4.78 is 54.7. The third kappa shape index (κ3) is 2.06. The molecule has 1 aliphatic rings. The number of fused-ring (bicyclic) bond motifs is 3. The maximum atomic E-state index is 13.1. The lowest BCUT2D eigenvalue weighted by atomic mass is 10.1. The van der Waals surface area contributed by atoms with Gasteiger partial charge >= 0.3 is 5.76 Å². The molecule has 3 heterocycles. The summed E-state index contributed by atoms with van der Waals surface area (Å²) in [5, 5.41) is 0. The molecule has 0 bridgehead atoms. The summed E-state index contributed by atoms with van der Waals surface area (Å²) in [6.45, 7) is -3.23. The zero-order valence-electron chi connectivity index (χ0n) is 15.4. The molecule has 0 aliphatic carbocycles. The molecule has 0 N–H and O–H groups in total. The van der Waals surface area contributed by atoms with E-state index in [-0.39, 0.29) is 20.6 Å². The molecule has 1 aromatic carbocycles. The summed E-state index contributed by atoms with van der Waals surface area (Å²) in [5.74, 6) is -1.68. The second kappa shape index (κ2) is 5.15. The predicted octanol–water partition coefficient (Wildman–Crippen LogP) is 0.991. The average molecular weight is 360 g/mol. The van der Waals surface area contributed by atoms with Crippen LogP contribution in [-0.2, 0) is 10.0 Å². The fourth-order valence-electron chi connectivity index (χ4n) is 2.61. The van der Waals surface area contributed by atoms with E-state index in [1.165, 1.54) is 42.6 Å². The van der Waals surface area contributed by atoms with Crippen molar-refractivity contribution >= 4 is 15.7 Å². The largest absolute Gasteiger partial charge is 0.428 e. The lowest BCUT2D eigenvalue weighted by Crippen LogP contribution is -2.41. The topological polar surface area (TPSA) is 102 Å². The fraction of sp³-hybridized carbons (Fsp3) is 0.0625. The Labute approximate surface area is 145 Å². The molecular weight excluding hydrogens is 346 g/mol. The Morgan fingerprint density at radius 1 is 1.12 bits per heavy atom. The SMILES string of the molecule is [2H]C([2H])([2H])N1c2c(oc(=O)n(-c3ccccn3)c2=O)-c2ccccc2S1(=O)=O. The summed E-state index contributed by atoms with van der Waals surface area (Å²) >= 11 is 0. The van der Waals surface area contributed by atoms with Crippen LogP contribution >= 0.6 is 0 Å². The number of anilines is 1. The Morgan fingerprint density at radius 2 is 1.88 bits per heavy atom. The molecule has 0 saturated heterocycles. The van der Waals surface area contributed by atoms with E-state index in [0.717, 1.165) is 0 Å². The number of benzene rings is 1. The molecule has 0 spiro atoms. The lowest BCUT2D eigenvalue weighted by Gasteiger charge is -2.26. The van der Waals surface area contributed by atoms with Gasteiger partial charge in [-0.1, -0.05) is 18.2 Å². The minimum absolute atomic E-state index is 0.0162. The number of hydrogen-bond acceptors (Lipinski definition) is 6. The highest BCUT2D eigenvalue weighted by atomic mass is 32.2. The molecule has 9 heteroatoms. The number of aromatic nitrogens is 2. The normalized spacial score (nSPS) is 17.0. The van der Waals surface area contributed by atoms with Crippen LogP contribution in [0.5, 0.6) is 0 Å². The predicted molar refractivity (Wildman–Crippen MR) is 89.4 cm³/mol. The number of rotatable bonds is 1. The van der Waals surface area contributed by atoms with Gasteiger partial charge in [0.15, 0.2) is 11.4 Å². The van der Waals surface area contributed by atoms with Crippen LogP contribution in [0.3, 0.4) is 0 Å². The third-order valence-corrected chi connectivity index (χ3v) is 5.30. The molecule has 1 aliphatic heterocycles. The van der Waals surface area contributed by atoms with Crippen molar-refractivity contribution in [3.05, 3.63) is 69.6 Å². The van der Waals surface area contributed by atoms with Gasteiger partial charge in [0, 0.05) is 22.8 Å². The van der Waals surface area contributed by atoms with Crippen molar-refractivity contribution < 1.29 is 16.9 Å². The van der Waals surface area contributed by atoms with E-state index in [0.29, 0.717) is 4.57 Å². The Hall–Kier alpha value is -3.20. The molecule has 0 saturated carbocycles. The van der Waals surface area contributed by atoms with Gasteiger partial charge in [-0.05, 0) is 24.3 Å². The van der Waals surface area contributed by atoms with Crippen molar-refractivity contribution in [2.45, 2.75) is 4.90 Å². The van der Waals surface area contributed by atoms with Crippen molar-refractivity contribution in [1.29, 1.82) is 0 Å². The molecule has 0 radical (unpaired) electrons. The van der Waals surface area contributed by atoms with E-state index in [1.54, 1.807) is 6.07 Å². The maximum Gasteiger partial charge on any atom is 0.428 e. The van der Waals surface area contributed by atoms with Gasteiger partial charge in [0.05, 0.1) is 4.90 Å². The van der Waals surface area contributed by atoms with Crippen LogP contribution in [0.25, 0.3) is 17.1 Å². The first-order valence-electron chi connectivity index (χ1n) is 8.50. The van der Waals surface area contributed by atoms with Crippen LogP contribution in [-0.4, -0.2) is 24.9 Å². The smallest absolute Gasteiger partial charge is 0.406 e.